The van der Waals surface area contributed by atoms with Gasteiger partial charge in [0.15, 0.2) is 0 Å². The second-order valence-electron chi connectivity index (χ2n) is 4.82. The molecule has 1 atom stereocenters. The van der Waals surface area contributed by atoms with Crippen LogP contribution in [-0.2, 0) is 9.59 Å². The Kier molecular flexibility index (Phi) is 5.06. The SMILES string of the molecule is Cc1cccc(NC(=O)CC(C(=O)O)N(C)C)c1C. The number of nitrogens with zero attached hydrogens (tertiary/aromatic N) is 1. The van der Waals surface area contributed by atoms with Gasteiger partial charge in [0.2, 0.25) is 5.91 Å². The topological polar surface area (TPSA) is 69.6 Å². The lowest BCUT2D eigenvalue weighted by Crippen LogP contribution is -2.38. The first kappa shape index (κ1) is 15.2. The number of nitrogens with one attached hydrogen (secondary N) is 1. The molecule has 0 fully saturated rings. The van der Waals surface area contributed by atoms with Crippen LogP contribution in [-0.4, -0.2) is 42.0 Å². The Balaban J connectivity index is 2.75. The number of aryl methyl sites for hydroxylation is 1. The lowest BCUT2D eigenvalue weighted by atomic mass is 10.1. The molecule has 1 unspecified atom stereocenters. The van der Waals surface area contributed by atoms with Gasteiger partial charge in [-0.15, -0.1) is 0 Å². The van der Waals surface area contributed by atoms with Crippen molar-refractivity contribution in [2.45, 2.75) is 26.3 Å². The molecule has 0 saturated carbocycles. The fourth-order valence-electron chi connectivity index (χ4n) is 1.75. The third-order valence-electron chi connectivity index (χ3n) is 3.17. The minimum atomic E-state index is -0.999. The second-order valence-corrected chi connectivity index (χ2v) is 4.82. The highest BCUT2D eigenvalue weighted by molar-refractivity contribution is 5.94. The van der Waals surface area contributed by atoms with Gasteiger partial charge in [0.25, 0.3) is 0 Å². The molecule has 1 rings (SSSR count). The fraction of sp³-hybridized carbons (Fsp3) is 0.429. The van der Waals surface area contributed by atoms with E-state index in [0.717, 1.165) is 16.8 Å². The summed E-state index contributed by atoms with van der Waals surface area (Å²) in [5, 5.41) is 11.8. The molecule has 5 heteroatoms. The van der Waals surface area contributed by atoms with Crippen molar-refractivity contribution in [1.29, 1.82) is 0 Å². The summed E-state index contributed by atoms with van der Waals surface area (Å²) in [4.78, 5) is 24.4. The lowest BCUT2D eigenvalue weighted by Gasteiger charge is -2.19. The number of benzene rings is 1. The number of anilines is 1. The Labute approximate surface area is 113 Å². The average Bonchev–Trinajstić information content (AvgIpc) is 2.31. The first-order chi connectivity index (χ1) is 8.82. The first-order valence-electron chi connectivity index (χ1n) is 6.08. The van der Waals surface area contributed by atoms with E-state index < -0.39 is 12.0 Å². The number of rotatable bonds is 5. The summed E-state index contributed by atoms with van der Waals surface area (Å²) in [6.45, 7) is 3.89. The number of carbonyl (C=O) groups excluding carboxylic acids is 1. The van der Waals surface area contributed by atoms with Gasteiger partial charge in [0.05, 0.1) is 6.42 Å². The van der Waals surface area contributed by atoms with E-state index in [-0.39, 0.29) is 12.3 Å². The third-order valence-corrected chi connectivity index (χ3v) is 3.17. The van der Waals surface area contributed by atoms with Gasteiger partial charge in [-0.1, -0.05) is 12.1 Å². The predicted octanol–water partition coefficient (Wildman–Crippen LogP) is 1.65. The molecule has 0 saturated heterocycles. The van der Waals surface area contributed by atoms with Crippen LogP contribution in [0, 0.1) is 13.8 Å². The molecule has 0 radical (unpaired) electrons. The van der Waals surface area contributed by atoms with Crippen molar-refractivity contribution in [2.24, 2.45) is 0 Å². The summed E-state index contributed by atoms with van der Waals surface area (Å²) in [7, 11) is 3.29. The normalized spacial score (nSPS) is 12.3. The van der Waals surface area contributed by atoms with Gasteiger partial charge in [-0.25, -0.2) is 0 Å². The molecular weight excluding hydrogens is 244 g/mol. The molecule has 19 heavy (non-hydrogen) atoms. The van der Waals surface area contributed by atoms with Gasteiger partial charge < -0.3 is 10.4 Å². The van der Waals surface area contributed by atoms with Crippen LogP contribution in [0.3, 0.4) is 0 Å². The molecule has 0 spiro atoms. The molecule has 104 valence electrons. The highest BCUT2D eigenvalue weighted by Gasteiger charge is 2.23. The Morgan fingerprint density at radius 2 is 1.95 bits per heavy atom. The Morgan fingerprint density at radius 3 is 2.47 bits per heavy atom. The summed E-state index contributed by atoms with van der Waals surface area (Å²) < 4.78 is 0. The number of carboxylic acids is 1. The smallest absolute Gasteiger partial charge is 0.321 e. The zero-order chi connectivity index (χ0) is 14.6. The minimum absolute atomic E-state index is 0.0737. The van der Waals surface area contributed by atoms with Crippen molar-refractivity contribution in [3.8, 4) is 0 Å². The molecule has 0 aliphatic rings. The number of likely N-dealkylation sites (N-methyl/N-ethyl adjacent to an activating group) is 1. The molecule has 0 aliphatic heterocycles. The van der Waals surface area contributed by atoms with Gasteiger partial charge in [0.1, 0.15) is 6.04 Å². The zero-order valence-electron chi connectivity index (χ0n) is 11.7. The maximum Gasteiger partial charge on any atom is 0.321 e. The maximum atomic E-state index is 11.9. The van der Waals surface area contributed by atoms with E-state index >= 15 is 0 Å². The number of hydrogen-bond donors (Lipinski definition) is 2. The van der Waals surface area contributed by atoms with Crippen molar-refractivity contribution in [2.75, 3.05) is 19.4 Å². The summed E-state index contributed by atoms with van der Waals surface area (Å²) in [6.07, 6.45) is -0.0737. The van der Waals surface area contributed by atoms with Crippen molar-refractivity contribution >= 4 is 17.6 Å². The van der Waals surface area contributed by atoms with Crippen LogP contribution in [0.4, 0.5) is 5.69 Å². The predicted molar refractivity (Wildman–Crippen MR) is 74.3 cm³/mol. The number of hydrogen-bond acceptors (Lipinski definition) is 3. The number of aliphatic carboxylic acids is 1. The quantitative estimate of drug-likeness (QED) is 0.848. The molecular formula is C14H20N2O3. The molecule has 5 nitrogen and oxygen atoms in total. The van der Waals surface area contributed by atoms with E-state index in [1.54, 1.807) is 14.1 Å². The van der Waals surface area contributed by atoms with Gasteiger partial charge in [0, 0.05) is 5.69 Å². The van der Waals surface area contributed by atoms with Crippen LogP contribution in [0.1, 0.15) is 17.5 Å². The molecule has 0 bridgehead atoms. The van der Waals surface area contributed by atoms with Gasteiger partial charge in [-0.05, 0) is 45.1 Å². The number of carboxylic acid groups (broad SMARTS) is 1. The van der Waals surface area contributed by atoms with E-state index in [9.17, 15) is 9.59 Å². The van der Waals surface area contributed by atoms with Gasteiger partial charge in [-0.3, -0.25) is 14.5 Å². The standard InChI is InChI=1S/C14H20N2O3/c1-9-6-5-7-11(10(9)2)15-13(17)8-12(14(18)19)16(3)4/h5-7,12H,8H2,1-4H3,(H,15,17)(H,18,19). The number of carbonyl (C=O) groups is 2. The summed E-state index contributed by atoms with van der Waals surface area (Å²) >= 11 is 0. The molecule has 0 aliphatic carbocycles. The van der Waals surface area contributed by atoms with Crippen LogP contribution in [0.5, 0.6) is 0 Å². The highest BCUT2D eigenvalue weighted by Crippen LogP contribution is 2.18. The fourth-order valence-corrected chi connectivity index (χ4v) is 1.75. The van der Waals surface area contributed by atoms with E-state index in [1.807, 2.05) is 32.0 Å². The largest absolute Gasteiger partial charge is 0.480 e. The summed E-state index contributed by atoms with van der Waals surface area (Å²) in [6, 6.07) is 4.82. The molecule has 1 aromatic carbocycles. The van der Waals surface area contributed by atoms with E-state index in [0.29, 0.717) is 0 Å². The van der Waals surface area contributed by atoms with E-state index in [1.165, 1.54) is 4.90 Å². The highest BCUT2D eigenvalue weighted by atomic mass is 16.4. The third kappa shape index (κ3) is 4.06. The molecule has 0 aromatic heterocycles. The Bertz CT molecular complexity index is 484. The Morgan fingerprint density at radius 1 is 1.32 bits per heavy atom. The maximum absolute atomic E-state index is 11.9. The first-order valence-corrected chi connectivity index (χ1v) is 6.08. The van der Waals surface area contributed by atoms with Crippen molar-refractivity contribution in [3.05, 3.63) is 29.3 Å². The molecule has 2 N–H and O–H groups in total. The number of amides is 1. The molecule has 1 aromatic rings. The van der Waals surface area contributed by atoms with Crippen molar-refractivity contribution in [1.82, 2.24) is 4.90 Å². The van der Waals surface area contributed by atoms with Crippen LogP contribution in [0.25, 0.3) is 0 Å². The minimum Gasteiger partial charge on any atom is -0.480 e. The van der Waals surface area contributed by atoms with Crippen LogP contribution in [0.15, 0.2) is 18.2 Å². The zero-order valence-corrected chi connectivity index (χ0v) is 11.7. The van der Waals surface area contributed by atoms with Gasteiger partial charge in [-0.2, -0.15) is 0 Å². The lowest BCUT2D eigenvalue weighted by molar-refractivity contribution is -0.144. The van der Waals surface area contributed by atoms with Crippen LogP contribution >= 0.6 is 0 Å². The molecule has 1 amide bonds. The van der Waals surface area contributed by atoms with Crippen molar-refractivity contribution < 1.29 is 14.7 Å². The van der Waals surface area contributed by atoms with Crippen molar-refractivity contribution in [3.63, 3.8) is 0 Å². The summed E-state index contributed by atoms with van der Waals surface area (Å²) in [5.41, 5.74) is 2.81. The van der Waals surface area contributed by atoms with E-state index in [4.69, 9.17) is 5.11 Å². The molecule has 0 heterocycles. The van der Waals surface area contributed by atoms with E-state index in [2.05, 4.69) is 5.32 Å². The Hall–Kier alpha value is -1.88. The van der Waals surface area contributed by atoms with Gasteiger partial charge >= 0.3 is 5.97 Å². The van der Waals surface area contributed by atoms with Crippen LogP contribution < -0.4 is 5.32 Å². The second kappa shape index (κ2) is 6.33. The monoisotopic (exact) mass is 264 g/mol. The van der Waals surface area contributed by atoms with Crippen LogP contribution in [0.2, 0.25) is 0 Å². The average molecular weight is 264 g/mol. The summed E-state index contributed by atoms with van der Waals surface area (Å²) in [5.74, 6) is -1.30.